The Kier molecular flexibility index (Phi) is 13.5. The van der Waals surface area contributed by atoms with Crippen LogP contribution in [0.4, 0.5) is 17.5 Å². The van der Waals surface area contributed by atoms with Crippen LogP contribution >= 0.6 is 11.6 Å². The number of ketones is 1. The Labute approximate surface area is 271 Å². The van der Waals surface area contributed by atoms with Crippen LogP contribution in [0, 0.1) is 0 Å². The molecule has 1 saturated heterocycles. The van der Waals surface area contributed by atoms with Crippen molar-refractivity contribution in [2.45, 2.75) is 32.3 Å². The second-order valence-electron chi connectivity index (χ2n) is 10.5. The Balaban J connectivity index is 1.24. The van der Waals surface area contributed by atoms with E-state index in [0.717, 1.165) is 31.3 Å². The number of hydrogen-bond acceptors (Lipinski definition) is 12. The van der Waals surface area contributed by atoms with Crippen LogP contribution in [0.15, 0.2) is 35.3 Å². The Morgan fingerprint density at radius 1 is 1.02 bits per heavy atom. The van der Waals surface area contributed by atoms with Gasteiger partial charge in [-0.1, -0.05) is 18.5 Å². The first-order valence-corrected chi connectivity index (χ1v) is 15.5. The number of aryl methyl sites for hydroxylation is 1. The third kappa shape index (κ3) is 10.4. The summed E-state index contributed by atoms with van der Waals surface area (Å²) in [7, 11) is 1.66. The average molecular weight is 662 g/mol. The van der Waals surface area contributed by atoms with Gasteiger partial charge in [0.15, 0.2) is 17.4 Å². The molecule has 0 aliphatic carbocycles. The molecule has 0 atom stereocenters. The van der Waals surface area contributed by atoms with E-state index in [4.69, 9.17) is 40.4 Å². The van der Waals surface area contributed by atoms with Gasteiger partial charge in [0.05, 0.1) is 57.5 Å². The van der Waals surface area contributed by atoms with Crippen LogP contribution in [0.3, 0.4) is 0 Å². The summed E-state index contributed by atoms with van der Waals surface area (Å²) in [6.07, 6.45) is 3.63. The van der Waals surface area contributed by atoms with E-state index in [-0.39, 0.29) is 43.0 Å². The Morgan fingerprint density at radius 3 is 2.41 bits per heavy atom. The number of carbonyl (C=O) groups is 2. The molecule has 250 valence electrons. The average Bonchev–Trinajstić information content (AvgIpc) is 3.05. The van der Waals surface area contributed by atoms with E-state index in [1.807, 2.05) is 18.2 Å². The van der Waals surface area contributed by atoms with Crippen LogP contribution in [-0.2, 0) is 35.6 Å². The number of benzene rings is 1. The number of pyridine rings is 1. The lowest BCUT2D eigenvalue weighted by Crippen LogP contribution is -2.38. The van der Waals surface area contributed by atoms with Crippen molar-refractivity contribution in [1.29, 1.82) is 0 Å². The minimum Gasteiger partial charge on any atom is -0.480 e. The van der Waals surface area contributed by atoms with Crippen LogP contribution in [0.5, 0.6) is 5.75 Å². The molecule has 0 amide bonds. The zero-order chi connectivity index (χ0) is 32.9. The highest BCUT2D eigenvalue weighted by Gasteiger charge is 2.22. The highest BCUT2D eigenvalue weighted by Crippen LogP contribution is 2.28. The van der Waals surface area contributed by atoms with Crippen molar-refractivity contribution in [2.75, 3.05) is 76.2 Å². The first-order valence-electron chi connectivity index (χ1n) is 15.1. The van der Waals surface area contributed by atoms with Gasteiger partial charge >= 0.3 is 5.97 Å². The number of nitrogens with zero attached hydrogens (tertiary/aromatic N) is 4. The third-order valence-electron chi connectivity index (χ3n) is 7.24. The largest absolute Gasteiger partial charge is 0.480 e. The zero-order valence-corrected chi connectivity index (χ0v) is 26.8. The van der Waals surface area contributed by atoms with Crippen LogP contribution < -0.4 is 20.5 Å². The summed E-state index contributed by atoms with van der Waals surface area (Å²) in [6.45, 7) is 4.98. The predicted octanol–water partition coefficient (Wildman–Crippen LogP) is 3.20. The highest BCUT2D eigenvalue weighted by molar-refractivity contribution is 6.32. The molecule has 1 aromatic carbocycles. The summed E-state index contributed by atoms with van der Waals surface area (Å²) >= 11 is 6.46. The maximum atomic E-state index is 12.7. The lowest BCUT2D eigenvalue weighted by Gasteiger charge is -2.32. The van der Waals surface area contributed by atoms with Gasteiger partial charge in [-0.25, -0.2) is 9.78 Å². The first kappa shape index (κ1) is 35.0. The molecule has 0 radical (unpaired) electrons. The second kappa shape index (κ2) is 17.8. The highest BCUT2D eigenvalue weighted by atomic mass is 35.5. The molecule has 1 aliphatic rings. The number of carbonyl (C=O) groups excluding carboxylic acids is 1. The van der Waals surface area contributed by atoms with E-state index >= 15 is 0 Å². The number of aromatic nitrogens is 3. The van der Waals surface area contributed by atoms with Gasteiger partial charge in [-0.05, 0) is 37.1 Å². The second-order valence-corrected chi connectivity index (χ2v) is 11.0. The molecule has 2 aromatic heterocycles. The number of rotatable bonds is 19. The topological polar surface area (TPSA) is 164 Å². The van der Waals surface area contributed by atoms with Gasteiger partial charge in [-0.3, -0.25) is 9.59 Å². The van der Waals surface area contributed by atoms with Crippen molar-refractivity contribution in [3.63, 3.8) is 0 Å². The zero-order valence-electron chi connectivity index (χ0n) is 26.0. The van der Waals surface area contributed by atoms with Crippen LogP contribution in [0.25, 0.3) is 10.9 Å². The van der Waals surface area contributed by atoms with Crippen LogP contribution in [0.1, 0.15) is 26.2 Å². The summed E-state index contributed by atoms with van der Waals surface area (Å²) in [5, 5.41) is 12.9. The molecule has 4 rings (SSSR count). The van der Waals surface area contributed by atoms with Gasteiger partial charge in [0.2, 0.25) is 5.95 Å². The molecule has 2 N–H and O–H groups in total. The molecule has 3 aromatic rings. The molecule has 0 bridgehead atoms. The van der Waals surface area contributed by atoms with Crippen molar-refractivity contribution in [3.05, 3.63) is 45.8 Å². The van der Waals surface area contributed by atoms with Crippen molar-refractivity contribution >= 4 is 51.7 Å². The molecule has 14 nitrogen and oxygen atoms in total. The number of fused-ring (bicyclic) bond motifs is 1. The van der Waals surface area contributed by atoms with E-state index in [2.05, 4.69) is 20.2 Å². The molecule has 15 heteroatoms. The molecular weight excluding hydrogens is 622 g/mol. The summed E-state index contributed by atoms with van der Waals surface area (Å²) in [6, 6.07) is 7.15. The lowest BCUT2D eigenvalue weighted by atomic mass is 10.1. The van der Waals surface area contributed by atoms with Crippen molar-refractivity contribution < 1.29 is 38.4 Å². The molecular formula is C31H40ClN5O9. The van der Waals surface area contributed by atoms with E-state index in [1.54, 1.807) is 26.2 Å². The number of aliphatic carboxylic acids is 1. The van der Waals surface area contributed by atoms with E-state index in [0.29, 0.717) is 67.4 Å². The standard InChI is InChI=1S/C31H40ClN5O9/c1-3-23(38)19-46-27-17-21-16-22(4-5-26(21)36(2)30(27)41)34-29-25(32)18-33-31(35-29)37-8-6-24(7-9-37)45-15-14-43-11-10-42-12-13-44-20-28(39)40/h4-5,16-18,24H,3,6-15,19-20H2,1-2H3,(H,39,40)(H,33,34,35). The number of nitrogens with one attached hydrogen (secondary N) is 1. The quantitative estimate of drug-likeness (QED) is 0.180. The maximum absolute atomic E-state index is 12.7. The predicted molar refractivity (Wildman–Crippen MR) is 172 cm³/mol. The van der Waals surface area contributed by atoms with Gasteiger partial charge in [0.25, 0.3) is 5.56 Å². The number of Topliss-reactive ketones (excluding diaryl/α,β-unsaturated/α-hetero) is 1. The van der Waals surface area contributed by atoms with Crippen molar-refractivity contribution in [1.82, 2.24) is 14.5 Å². The number of carboxylic acids is 1. The molecule has 1 aliphatic heterocycles. The number of anilines is 3. The van der Waals surface area contributed by atoms with Gasteiger partial charge in [-0.15, -0.1) is 0 Å². The molecule has 0 spiro atoms. The first-order chi connectivity index (χ1) is 22.2. The minimum absolute atomic E-state index is 0.0898. The Morgan fingerprint density at radius 2 is 1.72 bits per heavy atom. The van der Waals surface area contributed by atoms with E-state index in [1.165, 1.54) is 4.57 Å². The van der Waals surface area contributed by atoms with Crippen molar-refractivity contribution in [3.8, 4) is 5.75 Å². The maximum Gasteiger partial charge on any atom is 0.329 e. The summed E-state index contributed by atoms with van der Waals surface area (Å²) in [5.41, 5.74) is 1.10. The molecule has 1 fully saturated rings. The molecule has 3 heterocycles. The smallest absolute Gasteiger partial charge is 0.329 e. The number of hydrogen-bond donors (Lipinski definition) is 2. The van der Waals surface area contributed by atoms with Gasteiger partial charge in [0.1, 0.15) is 18.2 Å². The Bertz CT molecular complexity index is 1530. The van der Waals surface area contributed by atoms with E-state index in [9.17, 15) is 14.4 Å². The number of halogens is 1. The fourth-order valence-electron chi connectivity index (χ4n) is 4.72. The van der Waals surface area contributed by atoms with Gasteiger partial charge in [0, 0.05) is 37.6 Å². The SMILES string of the molecule is CCC(=O)COc1cc2cc(Nc3nc(N4CCC(OCCOCCOCCOCC(=O)O)CC4)ncc3Cl)ccc2n(C)c1=O. The fraction of sp³-hybridized carbons (Fsp3) is 0.516. The van der Waals surface area contributed by atoms with E-state index < -0.39 is 5.97 Å². The van der Waals surface area contributed by atoms with Crippen LogP contribution in [0.2, 0.25) is 5.02 Å². The molecule has 0 saturated carbocycles. The number of ether oxygens (including phenoxy) is 5. The van der Waals surface area contributed by atoms with Gasteiger partial charge in [-0.2, -0.15) is 4.98 Å². The van der Waals surface area contributed by atoms with Crippen LogP contribution in [-0.4, -0.2) is 103 Å². The fourth-order valence-corrected chi connectivity index (χ4v) is 4.86. The number of carboxylic acid groups (broad SMARTS) is 1. The van der Waals surface area contributed by atoms with Crippen molar-refractivity contribution in [2.24, 2.45) is 7.05 Å². The Hall–Kier alpha value is -3.82. The summed E-state index contributed by atoms with van der Waals surface area (Å²) in [4.78, 5) is 46.0. The molecule has 0 unspecified atom stereocenters. The number of piperidine rings is 1. The monoisotopic (exact) mass is 661 g/mol. The summed E-state index contributed by atoms with van der Waals surface area (Å²) < 4.78 is 28.7. The molecule has 46 heavy (non-hydrogen) atoms. The minimum atomic E-state index is -1.01. The third-order valence-corrected chi connectivity index (χ3v) is 7.52. The summed E-state index contributed by atoms with van der Waals surface area (Å²) in [5.74, 6) is 0.0252. The lowest BCUT2D eigenvalue weighted by molar-refractivity contribution is -0.142. The van der Waals surface area contributed by atoms with Gasteiger partial charge < -0.3 is 43.6 Å². The normalized spacial score (nSPS) is 13.7.